The van der Waals surface area contributed by atoms with Crippen LogP contribution in [0.1, 0.15) is 17.2 Å². The molecule has 1 atom stereocenters. The predicted octanol–water partition coefficient (Wildman–Crippen LogP) is 3.98. The van der Waals surface area contributed by atoms with Crippen molar-refractivity contribution in [3.05, 3.63) is 52.5 Å². The maximum Gasteiger partial charge on any atom is 0.321 e. The van der Waals surface area contributed by atoms with E-state index in [-0.39, 0.29) is 18.4 Å². The van der Waals surface area contributed by atoms with E-state index >= 15 is 0 Å². The summed E-state index contributed by atoms with van der Waals surface area (Å²) < 4.78 is 16.4. The van der Waals surface area contributed by atoms with Crippen LogP contribution in [0.3, 0.4) is 0 Å². The molecule has 2 aromatic heterocycles. The molecule has 37 heavy (non-hydrogen) atoms. The molecule has 0 spiro atoms. The minimum atomic E-state index is -0.826. The van der Waals surface area contributed by atoms with Gasteiger partial charge in [0.1, 0.15) is 17.2 Å². The highest BCUT2D eigenvalue weighted by Crippen LogP contribution is 2.37. The van der Waals surface area contributed by atoms with Gasteiger partial charge in [0.15, 0.2) is 0 Å². The molecule has 1 aliphatic heterocycles. The van der Waals surface area contributed by atoms with Gasteiger partial charge < -0.3 is 34.5 Å². The molecule has 1 aliphatic rings. The fraction of sp³-hybridized carbons (Fsp3) is 0.346. The largest absolute Gasteiger partial charge is 0.480 e. The van der Waals surface area contributed by atoms with E-state index in [4.69, 9.17) is 30.8 Å². The van der Waals surface area contributed by atoms with E-state index in [9.17, 15) is 5.11 Å². The molecule has 3 N–H and O–H groups in total. The number of rotatable bonds is 8. The molecule has 10 nitrogen and oxygen atoms in total. The van der Waals surface area contributed by atoms with Crippen molar-refractivity contribution in [3.63, 3.8) is 0 Å². The number of aryl methyl sites for hydroxylation is 1. The number of fused-ring (bicyclic) bond motifs is 1. The van der Waals surface area contributed by atoms with Crippen molar-refractivity contribution in [1.82, 2.24) is 19.9 Å². The first kappa shape index (κ1) is 25.1. The quantitative estimate of drug-likeness (QED) is 0.314. The number of aliphatic hydroxyl groups is 1. The predicted molar refractivity (Wildman–Crippen MR) is 143 cm³/mol. The van der Waals surface area contributed by atoms with Crippen molar-refractivity contribution in [1.29, 1.82) is 0 Å². The molecule has 4 aromatic rings. The first-order chi connectivity index (χ1) is 18.0. The zero-order chi connectivity index (χ0) is 25.9. The van der Waals surface area contributed by atoms with Gasteiger partial charge in [0.05, 0.1) is 44.6 Å². The number of methoxy groups -OCH3 is 2. The van der Waals surface area contributed by atoms with Gasteiger partial charge in [0.2, 0.25) is 5.88 Å². The lowest BCUT2D eigenvalue weighted by Gasteiger charge is -2.29. The van der Waals surface area contributed by atoms with Gasteiger partial charge in [-0.1, -0.05) is 23.7 Å². The minimum Gasteiger partial charge on any atom is -0.480 e. The van der Waals surface area contributed by atoms with Crippen LogP contribution in [0, 0.1) is 6.92 Å². The highest BCUT2D eigenvalue weighted by atomic mass is 35.5. The van der Waals surface area contributed by atoms with E-state index in [0.29, 0.717) is 41.0 Å². The number of nitrogens with one attached hydrogen (secondary N) is 2. The summed E-state index contributed by atoms with van der Waals surface area (Å²) in [6, 6.07) is 11.5. The number of aromatic amines is 1. The van der Waals surface area contributed by atoms with E-state index in [0.717, 1.165) is 35.4 Å². The number of hydrogen-bond acceptors (Lipinski definition) is 9. The van der Waals surface area contributed by atoms with Gasteiger partial charge >= 0.3 is 6.01 Å². The SMILES string of the molecule is COc1nc(NC[C@@H](O)c2cccc(Cl)c2)c(-c2nc3c(C)cc(N4CCOCC4)cc3[nH]2)c(OC)n1. The molecule has 0 amide bonds. The molecule has 1 fully saturated rings. The van der Waals surface area contributed by atoms with Gasteiger partial charge in [-0.25, -0.2) is 4.98 Å². The lowest BCUT2D eigenvalue weighted by molar-refractivity contribution is 0.122. The zero-order valence-corrected chi connectivity index (χ0v) is 21.7. The summed E-state index contributed by atoms with van der Waals surface area (Å²) in [6.45, 7) is 5.31. The Kier molecular flexibility index (Phi) is 7.31. The highest BCUT2D eigenvalue weighted by Gasteiger charge is 2.23. The van der Waals surface area contributed by atoms with Crippen LogP contribution >= 0.6 is 11.6 Å². The summed E-state index contributed by atoms with van der Waals surface area (Å²) in [5.41, 5.74) is 5.11. The number of morpholine rings is 1. The van der Waals surface area contributed by atoms with Crippen LogP contribution in [0.15, 0.2) is 36.4 Å². The van der Waals surface area contributed by atoms with Gasteiger partial charge in [-0.3, -0.25) is 0 Å². The number of hydrogen-bond donors (Lipinski definition) is 3. The van der Waals surface area contributed by atoms with E-state index < -0.39 is 6.10 Å². The van der Waals surface area contributed by atoms with E-state index in [1.807, 2.05) is 13.0 Å². The van der Waals surface area contributed by atoms with Crippen molar-refractivity contribution in [2.75, 3.05) is 57.3 Å². The standard InChI is InChI=1S/C26H29ClN6O4/c1-15-11-18(33-7-9-37-10-8-33)13-19-22(15)30-24(29-19)21-23(31-26(36-3)32-25(21)35-2)28-14-20(34)16-5-4-6-17(27)12-16/h4-6,11-13,20,34H,7-10,14H2,1-3H3,(H,29,30)(H,28,31,32)/t20-/m1/s1. The first-order valence-corrected chi connectivity index (χ1v) is 12.4. The Morgan fingerprint density at radius 1 is 1.14 bits per heavy atom. The van der Waals surface area contributed by atoms with Gasteiger partial charge in [-0.15, -0.1) is 0 Å². The number of benzene rings is 2. The first-order valence-electron chi connectivity index (χ1n) is 12.0. The molecule has 0 radical (unpaired) electrons. The summed E-state index contributed by atoms with van der Waals surface area (Å²) in [6.07, 6.45) is -0.826. The van der Waals surface area contributed by atoms with Crippen LogP contribution < -0.4 is 19.7 Å². The molecule has 5 rings (SSSR count). The third-order valence-corrected chi connectivity index (χ3v) is 6.54. The lowest BCUT2D eigenvalue weighted by atomic mass is 10.1. The molecule has 0 bridgehead atoms. The molecule has 0 unspecified atom stereocenters. The third-order valence-electron chi connectivity index (χ3n) is 6.30. The summed E-state index contributed by atoms with van der Waals surface area (Å²) in [7, 11) is 3.01. The zero-order valence-electron chi connectivity index (χ0n) is 20.9. The smallest absolute Gasteiger partial charge is 0.321 e. The van der Waals surface area contributed by atoms with Gasteiger partial charge in [0.25, 0.3) is 0 Å². The van der Waals surface area contributed by atoms with Crippen LogP contribution in [0.4, 0.5) is 11.5 Å². The Labute approximate surface area is 219 Å². The Hall–Kier alpha value is -3.60. The molecule has 0 aliphatic carbocycles. The second kappa shape index (κ2) is 10.8. The molecular formula is C26H29ClN6O4. The van der Waals surface area contributed by atoms with E-state index in [2.05, 4.69) is 37.3 Å². The van der Waals surface area contributed by atoms with E-state index in [1.54, 1.807) is 18.2 Å². The van der Waals surface area contributed by atoms with Crippen LogP contribution in [0.2, 0.25) is 5.02 Å². The summed E-state index contributed by atoms with van der Waals surface area (Å²) in [5.74, 6) is 1.24. The van der Waals surface area contributed by atoms with Crippen LogP contribution in [0.5, 0.6) is 11.9 Å². The van der Waals surface area contributed by atoms with Crippen LogP contribution in [-0.4, -0.2) is 72.1 Å². The third kappa shape index (κ3) is 5.27. The maximum absolute atomic E-state index is 10.8. The molecular weight excluding hydrogens is 496 g/mol. The molecule has 194 valence electrons. The van der Waals surface area contributed by atoms with Crippen molar-refractivity contribution < 1.29 is 19.3 Å². The second-order valence-corrected chi connectivity index (χ2v) is 9.17. The summed E-state index contributed by atoms with van der Waals surface area (Å²) in [5, 5.41) is 14.5. The average Bonchev–Trinajstić information content (AvgIpc) is 3.36. The Morgan fingerprint density at radius 3 is 2.68 bits per heavy atom. The van der Waals surface area contributed by atoms with E-state index in [1.165, 1.54) is 14.2 Å². The van der Waals surface area contributed by atoms with Crippen molar-refractivity contribution in [3.8, 4) is 23.3 Å². The Morgan fingerprint density at radius 2 is 1.95 bits per heavy atom. The number of imidazole rings is 1. The average molecular weight is 525 g/mol. The van der Waals surface area contributed by atoms with Crippen LogP contribution in [0.25, 0.3) is 22.4 Å². The lowest BCUT2D eigenvalue weighted by Crippen LogP contribution is -2.36. The van der Waals surface area contributed by atoms with Gasteiger partial charge in [-0.05, 0) is 42.3 Å². The molecule has 2 aromatic carbocycles. The Bertz CT molecular complexity index is 1410. The fourth-order valence-corrected chi connectivity index (χ4v) is 4.62. The second-order valence-electron chi connectivity index (χ2n) is 8.74. The minimum absolute atomic E-state index is 0.127. The maximum atomic E-state index is 10.8. The normalized spacial score (nSPS) is 14.6. The molecule has 0 saturated carbocycles. The Balaban J connectivity index is 1.52. The van der Waals surface area contributed by atoms with Crippen molar-refractivity contribution in [2.45, 2.75) is 13.0 Å². The van der Waals surface area contributed by atoms with Gasteiger partial charge in [0, 0.05) is 30.3 Å². The monoisotopic (exact) mass is 524 g/mol. The number of halogens is 1. The van der Waals surface area contributed by atoms with Gasteiger partial charge in [-0.2, -0.15) is 9.97 Å². The fourth-order valence-electron chi connectivity index (χ4n) is 4.42. The molecule has 1 saturated heterocycles. The number of H-pyrrole nitrogens is 1. The summed E-state index contributed by atoms with van der Waals surface area (Å²) in [4.78, 5) is 19.5. The van der Waals surface area contributed by atoms with Crippen molar-refractivity contribution >= 4 is 34.1 Å². The summed E-state index contributed by atoms with van der Waals surface area (Å²) >= 11 is 6.10. The molecule has 3 heterocycles. The van der Waals surface area contributed by atoms with Crippen molar-refractivity contribution in [2.24, 2.45) is 0 Å². The number of nitrogens with zero attached hydrogens (tertiary/aromatic N) is 4. The molecule has 11 heteroatoms. The number of aromatic nitrogens is 4. The number of ether oxygens (including phenoxy) is 3. The van der Waals surface area contributed by atoms with Crippen LogP contribution in [-0.2, 0) is 4.74 Å². The number of anilines is 2. The topological polar surface area (TPSA) is 118 Å². The highest BCUT2D eigenvalue weighted by molar-refractivity contribution is 6.30. The number of aliphatic hydroxyl groups excluding tert-OH is 1.